The van der Waals surface area contributed by atoms with Gasteiger partial charge in [-0.05, 0) is 118 Å². The van der Waals surface area contributed by atoms with Gasteiger partial charge in [0.25, 0.3) is 0 Å². The first-order valence-corrected chi connectivity index (χ1v) is 23.0. The van der Waals surface area contributed by atoms with Crippen molar-refractivity contribution in [2.45, 2.75) is 136 Å². The molecule has 0 saturated heterocycles. The van der Waals surface area contributed by atoms with Crippen LogP contribution < -0.4 is 9.47 Å². The summed E-state index contributed by atoms with van der Waals surface area (Å²) in [5, 5.41) is 0. The van der Waals surface area contributed by atoms with Gasteiger partial charge in [0.1, 0.15) is 23.2 Å². The number of ether oxygens (including phenoxy) is 4. The van der Waals surface area contributed by atoms with Crippen LogP contribution in [0.3, 0.4) is 0 Å². The molecule has 5 aromatic rings. The first-order valence-electron chi connectivity index (χ1n) is 23.0. The topological polar surface area (TPSA) is 131 Å². The maximum atomic E-state index is 13.7. The van der Waals surface area contributed by atoms with Crippen LogP contribution in [-0.4, -0.2) is 46.1 Å². The molecule has 330 valence electrons. The van der Waals surface area contributed by atoms with Crippen molar-refractivity contribution < 1.29 is 38.1 Å². The zero-order valence-electron chi connectivity index (χ0n) is 36.9. The number of aromatic nitrogens is 2. The minimum absolute atomic E-state index is 0.223. The smallest absolute Gasteiger partial charge is 0.314 e. The summed E-state index contributed by atoms with van der Waals surface area (Å²) >= 11 is 0. The molecule has 0 aliphatic heterocycles. The van der Waals surface area contributed by atoms with E-state index in [-0.39, 0.29) is 59.4 Å². The molecule has 0 unspecified atom stereocenters. The normalized spacial score (nSPS) is 18.7. The molecule has 63 heavy (non-hydrogen) atoms. The fourth-order valence-electron chi connectivity index (χ4n) is 8.73. The summed E-state index contributed by atoms with van der Waals surface area (Å²) in [5.74, 6) is -1.51. The van der Waals surface area contributed by atoms with Crippen LogP contribution >= 0.6 is 0 Å². The molecular weight excluding hydrogens is 793 g/mol. The molecule has 0 bridgehead atoms. The van der Waals surface area contributed by atoms with Crippen molar-refractivity contribution in [2.75, 3.05) is 0 Å². The maximum absolute atomic E-state index is 13.7. The van der Waals surface area contributed by atoms with Crippen LogP contribution in [0.15, 0.2) is 91.0 Å². The van der Waals surface area contributed by atoms with Gasteiger partial charge in [0.2, 0.25) is 0 Å². The van der Waals surface area contributed by atoms with Gasteiger partial charge in [-0.25, -0.2) is 9.97 Å². The van der Waals surface area contributed by atoms with E-state index in [1.54, 1.807) is 12.1 Å². The lowest BCUT2D eigenvalue weighted by molar-refractivity contribution is -0.153. The lowest BCUT2D eigenvalue weighted by atomic mass is 9.87. The highest BCUT2D eigenvalue weighted by molar-refractivity contribution is 5.92. The predicted molar refractivity (Wildman–Crippen MR) is 242 cm³/mol. The summed E-state index contributed by atoms with van der Waals surface area (Å²) in [5.41, 5.74) is 7.56. The number of esters is 4. The SMILES string of the molecule is CCCc1ccc(CCC(=O)OC2CCC(C(=O)Oc3ccc(OC(=O)C4CCC(OC(=O)CCc5ccc(CCC)cc5)CC4)c4nc(-c5ccccc5)c(C)nc34)CC2)cc1. The average molecular weight is 853 g/mol. The lowest BCUT2D eigenvalue weighted by Gasteiger charge is -2.27. The van der Waals surface area contributed by atoms with E-state index in [0.29, 0.717) is 99.5 Å². The van der Waals surface area contributed by atoms with Crippen molar-refractivity contribution in [3.05, 3.63) is 119 Å². The zero-order chi connectivity index (χ0) is 44.1. The van der Waals surface area contributed by atoms with Gasteiger partial charge in [0.15, 0.2) is 11.5 Å². The Labute approximate surface area is 371 Å². The predicted octanol–water partition coefficient (Wildman–Crippen LogP) is 10.8. The van der Waals surface area contributed by atoms with Crippen LogP contribution in [0, 0.1) is 18.8 Å². The minimum Gasteiger partial charge on any atom is -0.462 e. The van der Waals surface area contributed by atoms with Crippen LogP contribution in [0.5, 0.6) is 11.5 Å². The van der Waals surface area contributed by atoms with Gasteiger partial charge in [-0.1, -0.05) is 106 Å². The molecule has 10 heteroatoms. The number of hydrogen-bond donors (Lipinski definition) is 0. The fourth-order valence-corrected chi connectivity index (χ4v) is 8.73. The Hall–Kier alpha value is -5.90. The van der Waals surface area contributed by atoms with Crippen molar-refractivity contribution in [3.8, 4) is 22.8 Å². The van der Waals surface area contributed by atoms with Gasteiger partial charge in [0.05, 0.1) is 23.2 Å². The molecule has 7 rings (SSSR count). The number of carbonyl (C=O) groups is 4. The molecule has 1 aromatic heterocycles. The third-order valence-corrected chi connectivity index (χ3v) is 12.4. The van der Waals surface area contributed by atoms with E-state index in [2.05, 4.69) is 62.4 Å². The number of rotatable bonds is 17. The summed E-state index contributed by atoms with van der Waals surface area (Å²) in [6, 6.07) is 29.7. The fraction of sp³-hybridized carbons (Fsp3) is 0.434. The van der Waals surface area contributed by atoms with Crippen molar-refractivity contribution in [2.24, 2.45) is 11.8 Å². The van der Waals surface area contributed by atoms with Crippen molar-refractivity contribution in [1.82, 2.24) is 9.97 Å². The van der Waals surface area contributed by atoms with E-state index in [4.69, 9.17) is 28.9 Å². The summed E-state index contributed by atoms with van der Waals surface area (Å²) in [4.78, 5) is 62.6. The third kappa shape index (κ3) is 12.4. The van der Waals surface area contributed by atoms with E-state index >= 15 is 0 Å². The van der Waals surface area contributed by atoms with E-state index in [1.807, 2.05) is 37.3 Å². The highest BCUT2D eigenvalue weighted by atomic mass is 16.6. The quantitative estimate of drug-likeness (QED) is 0.0658. The van der Waals surface area contributed by atoms with Crippen molar-refractivity contribution >= 4 is 34.9 Å². The molecule has 2 fully saturated rings. The largest absolute Gasteiger partial charge is 0.462 e. The lowest BCUT2D eigenvalue weighted by Crippen LogP contribution is -2.30. The average Bonchev–Trinajstić information content (AvgIpc) is 3.30. The van der Waals surface area contributed by atoms with Crippen LogP contribution in [-0.2, 0) is 54.3 Å². The molecule has 2 saturated carbocycles. The highest BCUT2D eigenvalue weighted by Gasteiger charge is 2.32. The summed E-state index contributed by atoms with van der Waals surface area (Å²) in [7, 11) is 0. The molecule has 0 atom stereocenters. The minimum atomic E-state index is -0.389. The Morgan fingerprint density at radius 1 is 0.508 bits per heavy atom. The molecule has 0 amide bonds. The Kier molecular flexibility index (Phi) is 15.7. The molecule has 0 spiro atoms. The van der Waals surface area contributed by atoms with Crippen LogP contribution in [0.25, 0.3) is 22.3 Å². The van der Waals surface area contributed by atoms with Gasteiger partial charge in [-0.15, -0.1) is 0 Å². The van der Waals surface area contributed by atoms with E-state index in [9.17, 15) is 19.2 Å². The van der Waals surface area contributed by atoms with Gasteiger partial charge >= 0.3 is 23.9 Å². The highest BCUT2D eigenvalue weighted by Crippen LogP contribution is 2.37. The maximum Gasteiger partial charge on any atom is 0.314 e. The first-order chi connectivity index (χ1) is 30.6. The first kappa shape index (κ1) is 45.1. The summed E-state index contributed by atoms with van der Waals surface area (Å²) < 4.78 is 23.7. The molecule has 10 nitrogen and oxygen atoms in total. The Bertz CT molecular complexity index is 2330. The van der Waals surface area contributed by atoms with Crippen LogP contribution in [0.4, 0.5) is 0 Å². The standard InChI is InChI=1S/C53H60N2O8/c1-4-9-36-13-17-38(18-14-36)21-33-47(56)60-43-27-23-41(24-28-43)52(58)62-45-31-32-46(51-50(45)54-35(3)49(55-51)40-11-7-6-8-12-40)63-53(59)42-25-29-44(30-26-42)61-48(57)34-22-39-19-15-37(10-5-2)16-20-39/h6-8,11-20,31-32,41-44H,4-5,9-10,21-30,33-34H2,1-3H3. The summed E-state index contributed by atoms with van der Waals surface area (Å²) in [6.07, 6.45) is 10.1. The number of benzene rings is 4. The number of aryl methyl sites for hydroxylation is 5. The van der Waals surface area contributed by atoms with Crippen LogP contribution in [0.1, 0.15) is 119 Å². The molecule has 0 radical (unpaired) electrons. The molecule has 4 aromatic carbocycles. The van der Waals surface area contributed by atoms with Crippen molar-refractivity contribution in [1.29, 1.82) is 0 Å². The number of carbonyl (C=O) groups excluding carboxylic acids is 4. The van der Waals surface area contributed by atoms with Gasteiger partial charge in [0, 0.05) is 18.4 Å². The molecule has 2 aliphatic carbocycles. The number of fused-ring (bicyclic) bond motifs is 1. The van der Waals surface area contributed by atoms with E-state index < -0.39 is 0 Å². The Morgan fingerprint density at radius 3 is 1.32 bits per heavy atom. The monoisotopic (exact) mass is 852 g/mol. The number of hydrogen-bond acceptors (Lipinski definition) is 10. The van der Waals surface area contributed by atoms with E-state index in [1.165, 1.54) is 11.1 Å². The van der Waals surface area contributed by atoms with E-state index in [0.717, 1.165) is 42.4 Å². The van der Waals surface area contributed by atoms with Gasteiger partial charge in [-0.2, -0.15) is 0 Å². The Balaban J connectivity index is 0.942. The van der Waals surface area contributed by atoms with Gasteiger partial charge < -0.3 is 18.9 Å². The molecular formula is C53H60N2O8. The zero-order valence-corrected chi connectivity index (χ0v) is 36.9. The van der Waals surface area contributed by atoms with Crippen LogP contribution in [0.2, 0.25) is 0 Å². The Morgan fingerprint density at radius 2 is 0.905 bits per heavy atom. The molecule has 2 aliphatic rings. The number of nitrogens with zero attached hydrogens (tertiary/aromatic N) is 2. The molecule has 1 heterocycles. The van der Waals surface area contributed by atoms with Crippen molar-refractivity contribution in [3.63, 3.8) is 0 Å². The second-order valence-electron chi connectivity index (χ2n) is 17.2. The second kappa shape index (κ2) is 21.9. The summed E-state index contributed by atoms with van der Waals surface area (Å²) in [6.45, 7) is 6.17. The third-order valence-electron chi connectivity index (χ3n) is 12.4. The molecule has 0 N–H and O–H groups in total. The second-order valence-corrected chi connectivity index (χ2v) is 17.2. The van der Waals surface area contributed by atoms with Gasteiger partial charge in [-0.3, -0.25) is 19.2 Å².